The van der Waals surface area contributed by atoms with Crippen molar-refractivity contribution in [2.45, 2.75) is 33.2 Å². The summed E-state index contributed by atoms with van der Waals surface area (Å²) in [6, 6.07) is 2.64. The van der Waals surface area contributed by atoms with E-state index in [-0.39, 0.29) is 11.6 Å². The van der Waals surface area contributed by atoms with Crippen LogP contribution in [0.3, 0.4) is 0 Å². The smallest absolute Gasteiger partial charge is 0.326 e. The molecule has 0 radical (unpaired) electrons. The van der Waals surface area contributed by atoms with Crippen LogP contribution in [0.1, 0.15) is 25.8 Å². The third-order valence-electron chi connectivity index (χ3n) is 3.14. The first-order valence-corrected chi connectivity index (χ1v) is 6.41. The van der Waals surface area contributed by atoms with Gasteiger partial charge in [0.2, 0.25) is 0 Å². The van der Waals surface area contributed by atoms with E-state index in [0.29, 0.717) is 6.42 Å². The number of amides is 2. The van der Waals surface area contributed by atoms with Crippen molar-refractivity contribution in [3.8, 4) is 0 Å². The molecule has 0 aliphatic heterocycles. The molecule has 3 N–H and O–H groups in total. The number of carboxylic acids is 1. The molecule has 6 heteroatoms. The number of rotatable bonds is 5. The van der Waals surface area contributed by atoms with E-state index < -0.39 is 23.9 Å². The molecule has 0 saturated heterocycles. The molecule has 0 saturated carbocycles. The molecule has 1 rings (SSSR count). The summed E-state index contributed by atoms with van der Waals surface area (Å²) < 4.78 is 13.6. The lowest BCUT2D eigenvalue weighted by molar-refractivity contribution is -0.140. The Morgan fingerprint density at radius 2 is 2.05 bits per heavy atom. The fourth-order valence-corrected chi connectivity index (χ4v) is 1.70. The molecule has 20 heavy (non-hydrogen) atoms. The van der Waals surface area contributed by atoms with Crippen LogP contribution in [-0.4, -0.2) is 23.1 Å². The molecular weight excluding hydrogens is 263 g/mol. The fourth-order valence-electron chi connectivity index (χ4n) is 1.70. The second kappa shape index (κ2) is 6.88. The normalized spacial score (nSPS) is 13.4. The van der Waals surface area contributed by atoms with E-state index in [1.807, 2.05) is 6.92 Å². The average Bonchev–Trinajstić information content (AvgIpc) is 2.38. The molecule has 1 aromatic carbocycles. The topological polar surface area (TPSA) is 78.4 Å². The van der Waals surface area contributed by atoms with Gasteiger partial charge in [-0.3, -0.25) is 0 Å². The highest BCUT2D eigenvalue weighted by Gasteiger charge is 2.25. The summed E-state index contributed by atoms with van der Waals surface area (Å²) >= 11 is 0. The van der Waals surface area contributed by atoms with E-state index in [1.54, 1.807) is 19.9 Å². The van der Waals surface area contributed by atoms with Gasteiger partial charge in [-0.2, -0.15) is 0 Å². The lowest BCUT2D eigenvalue weighted by atomic mass is 9.99. The molecule has 1 aromatic rings. The minimum Gasteiger partial charge on any atom is -0.480 e. The number of benzene rings is 1. The van der Waals surface area contributed by atoms with Gasteiger partial charge in [0.1, 0.15) is 11.9 Å². The Morgan fingerprint density at radius 1 is 1.40 bits per heavy atom. The van der Waals surface area contributed by atoms with Crippen molar-refractivity contribution in [1.29, 1.82) is 0 Å². The Balaban J connectivity index is 2.73. The van der Waals surface area contributed by atoms with Gasteiger partial charge in [0.05, 0.1) is 5.69 Å². The van der Waals surface area contributed by atoms with Crippen LogP contribution in [-0.2, 0) is 4.79 Å². The summed E-state index contributed by atoms with van der Waals surface area (Å²) in [5.41, 5.74) is 0.748. The number of aryl methyl sites for hydroxylation is 1. The first kappa shape index (κ1) is 15.9. The van der Waals surface area contributed by atoms with Crippen molar-refractivity contribution >= 4 is 17.7 Å². The van der Waals surface area contributed by atoms with E-state index in [2.05, 4.69) is 10.6 Å². The van der Waals surface area contributed by atoms with Crippen molar-refractivity contribution in [2.24, 2.45) is 5.92 Å². The van der Waals surface area contributed by atoms with E-state index in [9.17, 15) is 14.0 Å². The number of hydrogen-bond acceptors (Lipinski definition) is 2. The minimum absolute atomic E-state index is 0.0152. The van der Waals surface area contributed by atoms with Crippen molar-refractivity contribution in [2.75, 3.05) is 5.32 Å². The number of aliphatic carboxylic acids is 1. The highest BCUT2D eigenvalue weighted by Crippen LogP contribution is 2.15. The number of anilines is 1. The predicted molar refractivity (Wildman–Crippen MR) is 74.2 cm³/mol. The van der Waals surface area contributed by atoms with Crippen molar-refractivity contribution in [3.63, 3.8) is 0 Å². The largest absolute Gasteiger partial charge is 0.480 e. The van der Waals surface area contributed by atoms with Crippen LogP contribution in [0.5, 0.6) is 0 Å². The first-order valence-electron chi connectivity index (χ1n) is 6.41. The van der Waals surface area contributed by atoms with Gasteiger partial charge in [-0.15, -0.1) is 0 Å². The molecule has 2 atom stereocenters. The molecular formula is C14H19FN2O3. The summed E-state index contributed by atoms with van der Waals surface area (Å²) in [7, 11) is 0. The number of nitrogens with one attached hydrogen (secondary N) is 2. The number of carboxylic acid groups (broad SMARTS) is 1. The van der Waals surface area contributed by atoms with Gasteiger partial charge in [0, 0.05) is 0 Å². The van der Waals surface area contributed by atoms with Gasteiger partial charge in [-0.05, 0) is 30.5 Å². The third kappa shape index (κ3) is 4.22. The van der Waals surface area contributed by atoms with Crippen molar-refractivity contribution in [3.05, 3.63) is 29.6 Å². The molecule has 0 spiro atoms. The van der Waals surface area contributed by atoms with Crippen LogP contribution < -0.4 is 10.6 Å². The Kier molecular flexibility index (Phi) is 5.49. The zero-order valence-corrected chi connectivity index (χ0v) is 11.7. The van der Waals surface area contributed by atoms with E-state index in [1.165, 1.54) is 12.1 Å². The van der Waals surface area contributed by atoms with E-state index in [0.717, 1.165) is 5.56 Å². The van der Waals surface area contributed by atoms with Gasteiger partial charge < -0.3 is 15.7 Å². The number of carbonyl (C=O) groups excluding carboxylic acids is 1. The highest BCUT2D eigenvalue weighted by atomic mass is 19.1. The lowest BCUT2D eigenvalue weighted by Crippen LogP contribution is -2.46. The first-order chi connectivity index (χ1) is 9.35. The summed E-state index contributed by atoms with van der Waals surface area (Å²) in [6.45, 7) is 5.29. The van der Waals surface area contributed by atoms with E-state index >= 15 is 0 Å². The molecule has 0 heterocycles. The zero-order valence-electron chi connectivity index (χ0n) is 11.7. The fraction of sp³-hybridized carbons (Fsp3) is 0.429. The molecule has 0 unspecified atom stereocenters. The predicted octanol–water partition coefficient (Wildman–Crippen LogP) is 2.75. The maximum absolute atomic E-state index is 13.6. The molecule has 2 amide bonds. The average molecular weight is 282 g/mol. The second-order valence-electron chi connectivity index (χ2n) is 4.78. The second-order valence-corrected chi connectivity index (χ2v) is 4.78. The van der Waals surface area contributed by atoms with Crippen LogP contribution in [0.2, 0.25) is 0 Å². The molecule has 0 fully saturated rings. The Morgan fingerprint density at radius 3 is 2.55 bits per heavy atom. The van der Waals surface area contributed by atoms with Crippen LogP contribution in [0.25, 0.3) is 0 Å². The van der Waals surface area contributed by atoms with Gasteiger partial charge in [0.15, 0.2) is 0 Å². The molecule has 110 valence electrons. The van der Waals surface area contributed by atoms with Gasteiger partial charge in [0.25, 0.3) is 0 Å². The SMILES string of the molecule is CC[C@H](C)[C@H](NC(=O)Nc1ccc(C)cc1F)C(=O)O. The highest BCUT2D eigenvalue weighted by molar-refractivity contribution is 5.92. The monoisotopic (exact) mass is 282 g/mol. The van der Waals surface area contributed by atoms with Crippen molar-refractivity contribution in [1.82, 2.24) is 5.32 Å². The van der Waals surface area contributed by atoms with Crippen LogP contribution in [0.4, 0.5) is 14.9 Å². The standard InChI is InChI=1S/C14H19FN2O3/c1-4-9(3)12(13(18)19)17-14(20)16-11-6-5-8(2)7-10(11)15/h5-7,9,12H,4H2,1-3H3,(H,18,19)(H2,16,17,20)/t9-,12-/m0/s1. The van der Waals surface area contributed by atoms with Crippen molar-refractivity contribution < 1.29 is 19.1 Å². The Hall–Kier alpha value is -2.11. The number of carbonyl (C=O) groups is 2. The molecule has 0 aromatic heterocycles. The minimum atomic E-state index is -1.11. The van der Waals surface area contributed by atoms with Crippen LogP contribution >= 0.6 is 0 Å². The maximum atomic E-state index is 13.6. The van der Waals surface area contributed by atoms with Crippen LogP contribution in [0, 0.1) is 18.7 Å². The molecule has 5 nitrogen and oxygen atoms in total. The van der Waals surface area contributed by atoms with Gasteiger partial charge >= 0.3 is 12.0 Å². The third-order valence-corrected chi connectivity index (χ3v) is 3.14. The van der Waals surface area contributed by atoms with Gasteiger partial charge in [-0.1, -0.05) is 26.3 Å². The number of urea groups is 1. The Labute approximate surface area is 117 Å². The summed E-state index contributed by atoms with van der Waals surface area (Å²) in [5, 5.41) is 13.7. The zero-order chi connectivity index (χ0) is 15.3. The Bertz CT molecular complexity index is 505. The molecule has 0 bridgehead atoms. The van der Waals surface area contributed by atoms with E-state index in [4.69, 9.17) is 5.11 Å². The number of halogens is 1. The van der Waals surface area contributed by atoms with Crippen LogP contribution in [0.15, 0.2) is 18.2 Å². The molecule has 0 aliphatic carbocycles. The summed E-state index contributed by atoms with van der Waals surface area (Å²) in [4.78, 5) is 22.8. The quantitative estimate of drug-likeness (QED) is 0.777. The lowest BCUT2D eigenvalue weighted by Gasteiger charge is -2.20. The maximum Gasteiger partial charge on any atom is 0.326 e. The summed E-state index contributed by atoms with van der Waals surface area (Å²) in [6.07, 6.45) is 0.607. The number of hydrogen-bond donors (Lipinski definition) is 3. The van der Waals surface area contributed by atoms with Gasteiger partial charge in [-0.25, -0.2) is 14.0 Å². The summed E-state index contributed by atoms with van der Waals surface area (Å²) in [5.74, 6) is -1.89. The molecule has 0 aliphatic rings.